The highest BCUT2D eigenvalue weighted by molar-refractivity contribution is 5.90. The van der Waals surface area contributed by atoms with Crippen molar-refractivity contribution >= 4 is 28.8 Å². The van der Waals surface area contributed by atoms with Gasteiger partial charge in [-0.1, -0.05) is 13.5 Å². The van der Waals surface area contributed by atoms with Crippen LogP contribution >= 0.6 is 0 Å². The Labute approximate surface area is 207 Å². The zero-order valence-electron chi connectivity index (χ0n) is 19.7. The van der Waals surface area contributed by atoms with Gasteiger partial charge in [0.05, 0.1) is 12.0 Å². The van der Waals surface area contributed by atoms with Crippen molar-refractivity contribution in [2.24, 2.45) is 14.1 Å². The molecule has 4 aromatic heterocycles. The quantitative estimate of drug-likeness (QED) is 0.445. The predicted molar refractivity (Wildman–Crippen MR) is 137 cm³/mol. The summed E-state index contributed by atoms with van der Waals surface area (Å²) in [6.07, 6.45) is 7.11. The van der Waals surface area contributed by atoms with E-state index in [-0.39, 0.29) is 31.0 Å². The Morgan fingerprint density at radius 2 is 1.86 bits per heavy atom. The van der Waals surface area contributed by atoms with Crippen LogP contribution in [0.1, 0.15) is 27.2 Å². The van der Waals surface area contributed by atoms with E-state index in [1.54, 1.807) is 24.5 Å². The topological polar surface area (TPSA) is 133 Å². The van der Waals surface area contributed by atoms with Gasteiger partial charge >= 0.3 is 5.69 Å². The lowest BCUT2D eigenvalue weighted by Gasteiger charge is -2.20. The Kier molecular flexibility index (Phi) is 6.69. The number of imidazole rings is 1. The van der Waals surface area contributed by atoms with Gasteiger partial charge in [0, 0.05) is 44.6 Å². The molecule has 36 heavy (non-hydrogen) atoms. The molecular formula is C24H29N9O3. The number of amides is 1. The molecule has 1 atom stereocenters. The number of carbonyl (C=O) groups is 1. The normalized spacial score (nSPS) is 15.2. The summed E-state index contributed by atoms with van der Waals surface area (Å²) in [4.78, 5) is 57.3. The molecule has 0 aromatic carbocycles. The van der Waals surface area contributed by atoms with E-state index >= 15 is 0 Å². The van der Waals surface area contributed by atoms with Gasteiger partial charge in [-0.15, -0.1) is 0 Å². The van der Waals surface area contributed by atoms with Crippen LogP contribution in [0.2, 0.25) is 0 Å². The third kappa shape index (κ3) is 4.37. The molecule has 0 spiro atoms. The minimum absolute atomic E-state index is 0. The number of hydrogen-bond acceptors (Lipinski definition) is 8. The van der Waals surface area contributed by atoms with E-state index in [1.807, 2.05) is 6.07 Å². The second-order valence-corrected chi connectivity index (χ2v) is 8.66. The van der Waals surface area contributed by atoms with Crippen molar-refractivity contribution in [1.82, 2.24) is 33.6 Å². The standard InChI is InChI=1S/C23H25N9O3.CH4/c1-14-6-5-9-32(14)22-24-10-15(11-25-22)16-7-4-8-17(27-16)28-18(33)12-31-13-26-20-19(31)21(34)30(3)23(35)29(20)2;/h4,7-8,10-11,13-14H,5-6,9,12H2,1-3H3,(H,27,28,33);1H4/t14-;/m0./s1. The van der Waals surface area contributed by atoms with Crippen LogP contribution in [-0.2, 0) is 25.4 Å². The van der Waals surface area contributed by atoms with E-state index in [1.165, 1.54) is 29.6 Å². The molecule has 5 rings (SSSR count). The first-order chi connectivity index (χ1) is 16.8. The molecule has 4 aromatic rings. The third-order valence-corrected chi connectivity index (χ3v) is 6.29. The molecule has 5 heterocycles. The Bertz CT molecular complexity index is 1540. The van der Waals surface area contributed by atoms with Crippen LogP contribution < -0.4 is 21.5 Å². The number of anilines is 2. The molecule has 1 amide bonds. The van der Waals surface area contributed by atoms with E-state index in [9.17, 15) is 14.4 Å². The maximum Gasteiger partial charge on any atom is 0.332 e. The van der Waals surface area contributed by atoms with Crippen molar-refractivity contribution in [1.29, 1.82) is 0 Å². The Morgan fingerprint density at radius 3 is 2.56 bits per heavy atom. The molecule has 0 bridgehead atoms. The van der Waals surface area contributed by atoms with Crippen molar-refractivity contribution in [3.05, 3.63) is 57.8 Å². The SMILES string of the molecule is C.C[C@H]1CCCN1c1ncc(-c2cccc(NC(=O)Cn3cnc4c3c(=O)n(C)c(=O)n4C)n2)cn1. The van der Waals surface area contributed by atoms with E-state index in [0.29, 0.717) is 23.5 Å². The molecule has 1 fully saturated rings. The number of nitrogens with zero attached hydrogens (tertiary/aromatic N) is 8. The first-order valence-corrected chi connectivity index (χ1v) is 11.3. The number of fused-ring (bicyclic) bond motifs is 1. The van der Waals surface area contributed by atoms with Crippen molar-refractivity contribution in [2.75, 3.05) is 16.8 Å². The van der Waals surface area contributed by atoms with Crippen LogP contribution in [0.25, 0.3) is 22.4 Å². The van der Waals surface area contributed by atoms with Gasteiger partial charge in [0.25, 0.3) is 5.56 Å². The summed E-state index contributed by atoms with van der Waals surface area (Å²) < 4.78 is 3.68. The van der Waals surface area contributed by atoms with Crippen LogP contribution in [0.15, 0.2) is 46.5 Å². The molecule has 1 aliphatic heterocycles. The first-order valence-electron chi connectivity index (χ1n) is 11.3. The van der Waals surface area contributed by atoms with Gasteiger partial charge in [0.15, 0.2) is 11.2 Å². The highest BCUT2D eigenvalue weighted by atomic mass is 16.2. The highest BCUT2D eigenvalue weighted by Crippen LogP contribution is 2.23. The number of rotatable bonds is 5. The largest absolute Gasteiger partial charge is 0.338 e. The van der Waals surface area contributed by atoms with Crippen LogP contribution in [0.4, 0.5) is 11.8 Å². The number of hydrogen-bond donors (Lipinski definition) is 1. The predicted octanol–water partition coefficient (Wildman–Crippen LogP) is 1.55. The average Bonchev–Trinajstić information content (AvgIpc) is 3.48. The summed E-state index contributed by atoms with van der Waals surface area (Å²) in [5, 5.41) is 2.75. The molecule has 0 aliphatic carbocycles. The lowest BCUT2D eigenvalue weighted by atomic mass is 10.2. The van der Waals surface area contributed by atoms with Crippen molar-refractivity contribution in [3.63, 3.8) is 0 Å². The summed E-state index contributed by atoms with van der Waals surface area (Å²) in [6, 6.07) is 5.71. The van der Waals surface area contributed by atoms with Crippen molar-refractivity contribution in [3.8, 4) is 11.3 Å². The molecule has 188 valence electrons. The maximum atomic E-state index is 12.7. The average molecular weight is 492 g/mol. The van der Waals surface area contributed by atoms with Crippen molar-refractivity contribution in [2.45, 2.75) is 39.8 Å². The zero-order chi connectivity index (χ0) is 24.7. The second-order valence-electron chi connectivity index (χ2n) is 8.66. The summed E-state index contributed by atoms with van der Waals surface area (Å²) in [5.41, 5.74) is 0.766. The molecule has 12 heteroatoms. The van der Waals surface area contributed by atoms with Gasteiger partial charge in [0.1, 0.15) is 12.4 Å². The third-order valence-electron chi connectivity index (χ3n) is 6.29. The highest BCUT2D eigenvalue weighted by Gasteiger charge is 2.22. The van der Waals surface area contributed by atoms with Crippen molar-refractivity contribution < 1.29 is 4.79 Å². The summed E-state index contributed by atoms with van der Waals surface area (Å²) >= 11 is 0. The van der Waals surface area contributed by atoms with Crippen LogP contribution in [0, 0.1) is 0 Å². The Balaban J connectivity index is 0.00000304. The molecular weight excluding hydrogens is 462 g/mol. The summed E-state index contributed by atoms with van der Waals surface area (Å²) in [5.74, 6) is 0.674. The van der Waals surface area contributed by atoms with Gasteiger partial charge < -0.3 is 14.8 Å². The number of aryl methyl sites for hydroxylation is 1. The van der Waals surface area contributed by atoms with Gasteiger partial charge in [-0.3, -0.25) is 18.7 Å². The molecule has 1 aliphatic rings. The number of aromatic nitrogens is 7. The lowest BCUT2D eigenvalue weighted by Crippen LogP contribution is -2.37. The maximum absolute atomic E-state index is 12.7. The van der Waals surface area contributed by atoms with Crippen LogP contribution in [0.5, 0.6) is 0 Å². The molecule has 0 radical (unpaired) electrons. The lowest BCUT2D eigenvalue weighted by molar-refractivity contribution is -0.116. The molecule has 1 N–H and O–H groups in total. The zero-order valence-corrected chi connectivity index (χ0v) is 19.7. The van der Waals surface area contributed by atoms with E-state index in [0.717, 1.165) is 29.5 Å². The van der Waals surface area contributed by atoms with Gasteiger partial charge in [-0.25, -0.2) is 24.7 Å². The van der Waals surface area contributed by atoms with Gasteiger partial charge in [0.2, 0.25) is 11.9 Å². The summed E-state index contributed by atoms with van der Waals surface area (Å²) in [6.45, 7) is 2.96. The fraction of sp³-hybridized carbons (Fsp3) is 0.375. The first kappa shape index (κ1) is 24.8. The van der Waals surface area contributed by atoms with Gasteiger partial charge in [-0.2, -0.15) is 0 Å². The monoisotopic (exact) mass is 491 g/mol. The molecule has 0 unspecified atom stereocenters. The number of nitrogens with one attached hydrogen (secondary N) is 1. The second kappa shape index (κ2) is 9.72. The Hall–Kier alpha value is -4.35. The molecule has 1 saturated heterocycles. The van der Waals surface area contributed by atoms with E-state index in [4.69, 9.17) is 0 Å². The fourth-order valence-electron chi connectivity index (χ4n) is 4.35. The molecule has 0 saturated carbocycles. The number of pyridine rings is 1. The number of carbonyl (C=O) groups excluding carboxylic acids is 1. The Morgan fingerprint density at radius 1 is 1.11 bits per heavy atom. The fourth-order valence-corrected chi connectivity index (χ4v) is 4.35. The smallest absolute Gasteiger partial charge is 0.332 e. The van der Waals surface area contributed by atoms with Crippen LogP contribution in [0.3, 0.4) is 0 Å². The molecule has 12 nitrogen and oxygen atoms in total. The minimum Gasteiger partial charge on any atom is -0.338 e. The van der Waals surface area contributed by atoms with Gasteiger partial charge in [-0.05, 0) is 31.9 Å². The van der Waals surface area contributed by atoms with E-state index < -0.39 is 11.2 Å². The van der Waals surface area contributed by atoms with Crippen LogP contribution in [-0.4, -0.2) is 52.1 Å². The summed E-state index contributed by atoms with van der Waals surface area (Å²) in [7, 11) is 2.91. The minimum atomic E-state index is -0.514. The van der Waals surface area contributed by atoms with E-state index in [2.05, 4.69) is 37.1 Å².